The molecule has 76 valence electrons. The van der Waals surface area contributed by atoms with Gasteiger partial charge in [0.15, 0.2) is 5.82 Å². The van der Waals surface area contributed by atoms with Gasteiger partial charge in [0.1, 0.15) is 5.69 Å². The molecule has 0 atom stereocenters. The Kier molecular flexibility index (Phi) is 2.17. The fourth-order valence-electron chi connectivity index (χ4n) is 1.14. The van der Waals surface area contributed by atoms with E-state index in [-0.39, 0.29) is 11.3 Å². The largest absolute Gasteiger partial charge is 0.478 e. The highest BCUT2D eigenvalue weighted by atomic mass is 19.1. The van der Waals surface area contributed by atoms with Gasteiger partial charge in [-0.1, -0.05) is 0 Å². The van der Waals surface area contributed by atoms with Crippen molar-refractivity contribution in [2.75, 3.05) is 0 Å². The first-order valence-electron chi connectivity index (χ1n) is 4.08. The number of rotatable bonds is 2. The SMILES string of the molecule is O=C(O)c1ccc(F)c(-n2nccn2)c1. The smallest absolute Gasteiger partial charge is 0.335 e. The maximum atomic E-state index is 13.3. The lowest BCUT2D eigenvalue weighted by atomic mass is 10.2. The first-order chi connectivity index (χ1) is 7.18. The number of aromatic nitrogens is 3. The number of hydrogen-bond donors (Lipinski definition) is 1. The summed E-state index contributed by atoms with van der Waals surface area (Å²) in [6.45, 7) is 0. The first-order valence-corrected chi connectivity index (χ1v) is 4.08. The van der Waals surface area contributed by atoms with E-state index in [1.165, 1.54) is 24.5 Å². The minimum absolute atomic E-state index is 0.0105. The Hall–Kier alpha value is -2.24. The number of aromatic carboxylic acids is 1. The van der Waals surface area contributed by atoms with Crippen molar-refractivity contribution in [3.8, 4) is 5.69 Å². The lowest BCUT2D eigenvalue weighted by Gasteiger charge is -2.02. The number of carboxylic acids is 1. The number of carbonyl (C=O) groups is 1. The number of hydrogen-bond acceptors (Lipinski definition) is 3. The van der Waals surface area contributed by atoms with Crippen LogP contribution in [0.15, 0.2) is 30.6 Å². The van der Waals surface area contributed by atoms with Crippen LogP contribution in [0.4, 0.5) is 4.39 Å². The van der Waals surface area contributed by atoms with Crippen molar-refractivity contribution >= 4 is 5.97 Å². The molecular weight excluding hydrogens is 201 g/mol. The van der Waals surface area contributed by atoms with Crippen molar-refractivity contribution in [1.29, 1.82) is 0 Å². The van der Waals surface area contributed by atoms with Crippen LogP contribution in [0.2, 0.25) is 0 Å². The molecule has 1 aromatic heterocycles. The third kappa shape index (κ3) is 1.69. The van der Waals surface area contributed by atoms with Crippen molar-refractivity contribution in [2.45, 2.75) is 0 Å². The maximum absolute atomic E-state index is 13.3. The zero-order chi connectivity index (χ0) is 10.8. The fraction of sp³-hybridized carbons (Fsp3) is 0. The quantitative estimate of drug-likeness (QED) is 0.800. The van der Waals surface area contributed by atoms with Crippen LogP contribution >= 0.6 is 0 Å². The first kappa shape index (κ1) is 9.32. The Morgan fingerprint density at radius 3 is 2.60 bits per heavy atom. The second kappa shape index (κ2) is 3.49. The molecule has 0 saturated carbocycles. The summed E-state index contributed by atoms with van der Waals surface area (Å²) in [6, 6.07) is 3.43. The second-order valence-electron chi connectivity index (χ2n) is 2.79. The van der Waals surface area contributed by atoms with Crippen LogP contribution in [0.1, 0.15) is 10.4 Å². The van der Waals surface area contributed by atoms with Gasteiger partial charge in [0.25, 0.3) is 0 Å². The summed E-state index contributed by atoms with van der Waals surface area (Å²) in [5, 5.41) is 16.2. The summed E-state index contributed by atoms with van der Waals surface area (Å²) in [7, 11) is 0. The molecule has 0 aliphatic rings. The highest BCUT2D eigenvalue weighted by molar-refractivity contribution is 5.88. The summed E-state index contributed by atoms with van der Waals surface area (Å²) >= 11 is 0. The van der Waals surface area contributed by atoms with Gasteiger partial charge in [0, 0.05) is 0 Å². The van der Waals surface area contributed by atoms with Crippen molar-refractivity contribution in [1.82, 2.24) is 15.0 Å². The van der Waals surface area contributed by atoms with Crippen LogP contribution in [-0.4, -0.2) is 26.1 Å². The molecule has 0 aliphatic heterocycles. The molecule has 6 heteroatoms. The molecule has 1 aromatic carbocycles. The molecule has 15 heavy (non-hydrogen) atoms. The Bertz CT molecular complexity index is 496. The van der Waals surface area contributed by atoms with Gasteiger partial charge < -0.3 is 5.11 Å². The summed E-state index contributed by atoms with van der Waals surface area (Å²) in [5.74, 6) is -1.69. The summed E-state index contributed by atoms with van der Waals surface area (Å²) < 4.78 is 13.3. The van der Waals surface area contributed by atoms with E-state index in [2.05, 4.69) is 10.2 Å². The second-order valence-corrected chi connectivity index (χ2v) is 2.79. The predicted octanol–water partition coefficient (Wildman–Crippen LogP) is 1.10. The molecule has 0 saturated heterocycles. The van der Waals surface area contributed by atoms with Gasteiger partial charge in [-0.25, -0.2) is 9.18 Å². The summed E-state index contributed by atoms with van der Waals surface area (Å²) in [4.78, 5) is 11.7. The molecule has 0 fully saturated rings. The molecule has 0 amide bonds. The minimum Gasteiger partial charge on any atom is -0.478 e. The van der Waals surface area contributed by atoms with Crippen LogP contribution in [-0.2, 0) is 0 Å². The third-order valence-corrected chi connectivity index (χ3v) is 1.83. The highest BCUT2D eigenvalue weighted by Gasteiger charge is 2.10. The molecule has 2 rings (SSSR count). The van der Waals surface area contributed by atoms with E-state index in [1.54, 1.807) is 0 Å². The number of nitrogens with zero attached hydrogens (tertiary/aromatic N) is 3. The van der Waals surface area contributed by atoms with E-state index in [1.807, 2.05) is 0 Å². The van der Waals surface area contributed by atoms with Crippen LogP contribution in [0.5, 0.6) is 0 Å². The van der Waals surface area contributed by atoms with Gasteiger partial charge in [-0.2, -0.15) is 10.2 Å². The molecule has 0 unspecified atom stereocenters. The molecule has 2 aromatic rings. The van der Waals surface area contributed by atoms with E-state index >= 15 is 0 Å². The van der Waals surface area contributed by atoms with Gasteiger partial charge in [0.05, 0.1) is 18.0 Å². The summed E-state index contributed by atoms with van der Waals surface area (Å²) in [5.41, 5.74) is 0.00333. The Balaban J connectivity index is 2.55. The number of benzene rings is 1. The zero-order valence-electron chi connectivity index (χ0n) is 7.46. The van der Waals surface area contributed by atoms with Crippen molar-refractivity contribution in [2.24, 2.45) is 0 Å². The van der Waals surface area contributed by atoms with E-state index in [4.69, 9.17) is 5.11 Å². The Morgan fingerprint density at radius 1 is 1.33 bits per heavy atom. The van der Waals surface area contributed by atoms with Crippen molar-refractivity contribution in [3.05, 3.63) is 42.0 Å². The fourth-order valence-corrected chi connectivity index (χ4v) is 1.14. The van der Waals surface area contributed by atoms with E-state index in [0.717, 1.165) is 10.9 Å². The van der Waals surface area contributed by atoms with Crippen LogP contribution in [0, 0.1) is 5.82 Å². The zero-order valence-corrected chi connectivity index (χ0v) is 7.46. The van der Waals surface area contributed by atoms with Crippen LogP contribution < -0.4 is 0 Å². The molecule has 0 aliphatic carbocycles. The average molecular weight is 207 g/mol. The third-order valence-electron chi connectivity index (χ3n) is 1.83. The molecule has 0 radical (unpaired) electrons. The monoisotopic (exact) mass is 207 g/mol. The molecule has 5 nitrogen and oxygen atoms in total. The van der Waals surface area contributed by atoms with Gasteiger partial charge in [-0.15, -0.1) is 4.80 Å². The average Bonchev–Trinajstić information content (AvgIpc) is 2.71. The van der Waals surface area contributed by atoms with Gasteiger partial charge >= 0.3 is 5.97 Å². The topological polar surface area (TPSA) is 68.0 Å². The minimum atomic E-state index is -1.12. The normalized spacial score (nSPS) is 10.2. The Morgan fingerprint density at radius 2 is 2.00 bits per heavy atom. The molecule has 1 heterocycles. The standard InChI is InChI=1S/C9H6FN3O2/c10-7-2-1-6(9(14)15)5-8(7)13-11-3-4-12-13/h1-5H,(H,14,15). The van der Waals surface area contributed by atoms with E-state index < -0.39 is 11.8 Å². The predicted molar refractivity (Wildman–Crippen MR) is 48.3 cm³/mol. The summed E-state index contributed by atoms with van der Waals surface area (Å²) in [6.07, 6.45) is 2.76. The van der Waals surface area contributed by atoms with Gasteiger partial charge in [-0.3, -0.25) is 0 Å². The maximum Gasteiger partial charge on any atom is 0.335 e. The number of carboxylic acid groups (broad SMARTS) is 1. The molecule has 0 bridgehead atoms. The molecule has 1 N–H and O–H groups in total. The van der Waals surface area contributed by atoms with Crippen LogP contribution in [0.25, 0.3) is 5.69 Å². The van der Waals surface area contributed by atoms with Crippen molar-refractivity contribution < 1.29 is 14.3 Å². The molecule has 0 spiro atoms. The molecular formula is C9H6FN3O2. The van der Waals surface area contributed by atoms with E-state index in [9.17, 15) is 9.18 Å². The van der Waals surface area contributed by atoms with Gasteiger partial charge in [0.2, 0.25) is 0 Å². The van der Waals surface area contributed by atoms with Gasteiger partial charge in [-0.05, 0) is 18.2 Å². The lowest BCUT2D eigenvalue weighted by Crippen LogP contribution is -2.05. The van der Waals surface area contributed by atoms with Crippen LogP contribution in [0.3, 0.4) is 0 Å². The number of halogens is 1. The van der Waals surface area contributed by atoms with Crippen molar-refractivity contribution in [3.63, 3.8) is 0 Å². The highest BCUT2D eigenvalue weighted by Crippen LogP contribution is 2.13. The Labute approximate surface area is 83.8 Å². The van der Waals surface area contributed by atoms with E-state index in [0.29, 0.717) is 0 Å². The lowest BCUT2D eigenvalue weighted by molar-refractivity contribution is 0.0697.